The molecular weight excluding hydrogens is 274 g/mol. The summed E-state index contributed by atoms with van der Waals surface area (Å²) in [6, 6.07) is 10.4. The van der Waals surface area contributed by atoms with Crippen molar-refractivity contribution in [2.24, 2.45) is 5.73 Å². The molecule has 0 amide bonds. The van der Waals surface area contributed by atoms with Gasteiger partial charge in [0.2, 0.25) is 0 Å². The van der Waals surface area contributed by atoms with Crippen molar-refractivity contribution >= 4 is 22.9 Å². The molecule has 0 aliphatic heterocycles. The Morgan fingerprint density at radius 1 is 1.21 bits per heavy atom. The first-order valence-electron chi connectivity index (χ1n) is 6.41. The molecule has 2 aromatic rings. The summed E-state index contributed by atoms with van der Waals surface area (Å²) in [5.41, 5.74) is 10.1. The zero-order valence-corrected chi connectivity index (χ0v) is 13.4. The molecule has 0 fully saturated rings. The maximum absolute atomic E-state index is 6.45. The van der Waals surface area contributed by atoms with E-state index in [0.29, 0.717) is 0 Å². The number of rotatable bonds is 2. The monoisotopic (exact) mass is 293 g/mol. The first-order valence-corrected chi connectivity index (χ1v) is 7.61. The SMILES string of the molecule is Cc1cc(C(N)c2ccccc2C(C)(C)C)sc1Cl. The van der Waals surface area contributed by atoms with Gasteiger partial charge in [-0.05, 0) is 35.1 Å². The largest absolute Gasteiger partial charge is 0.320 e. The molecule has 1 atom stereocenters. The standard InChI is InChI=1S/C16H20ClNS/c1-10-9-13(19-15(10)17)14(18)11-7-5-6-8-12(11)16(2,3)4/h5-9,14H,18H2,1-4H3. The lowest BCUT2D eigenvalue weighted by molar-refractivity contribution is 0.578. The van der Waals surface area contributed by atoms with Crippen LogP contribution in [0.15, 0.2) is 30.3 Å². The predicted octanol–water partition coefficient (Wildman–Crippen LogP) is 5.06. The molecule has 1 aromatic carbocycles. The van der Waals surface area contributed by atoms with Gasteiger partial charge in [-0.2, -0.15) is 0 Å². The third kappa shape index (κ3) is 3.02. The zero-order valence-electron chi connectivity index (χ0n) is 11.8. The Balaban J connectivity index is 2.47. The van der Waals surface area contributed by atoms with Crippen LogP contribution < -0.4 is 5.73 Å². The summed E-state index contributed by atoms with van der Waals surface area (Å²) >= 11 is 7.73. The highest BCUT2D eigenvalue weighted by molar-refractivity contribution is 7.16. The van der Waals surface area contributed by atoms with E-state index in [-0.39, 0.29) is 11.5 Å². The summed E-state index contributed by atoms with van der Waals surface area (Å²) in [6.07, 6.45) is 0. The highest BCUT2D eigenvalue weighted by Gasteiger charge is 2.22. The molecule has 0 aliphatic carbocycles. The van der Waals surface area contributed by atoms with E-state index < -0.39 is 0 Å². The third-order valence-corrected chi connectivity index (χ3v) is 4.92. The van der Waals surface area contributed by atoms with Crippen LogP contribution in [-0.4, -0.2) is 0 Å². The summed E-state index contributed by atoms with van der Waals surface area (Å²) in [5.74, 6) is 0. The molecule has 2 rings (SSSR count). The minimum Gasteiger partial charge on any atom is -0.320 e. The van der Waals surface area contributed by atoms with E-state index in [1.165, 1.54) is 11.1 Å². The maximum atomic E-state index is 6.45. The van der Waals surface area contributed by atoms with Gasteiger partial charge in [-0.3, -0.25) is 0 Å². The Kier molecular flexibility index (Phi) is 4.05. The lowest BCUT2D eigenvalue weighted by atomic mass is 9.81. The average Bonchev–Trinajstić information content (AvgIpc) is 2.68. The van der Waals surface area contributed by atoms with Crippen LogP contribution in [0, 0.1) is 6.92 Å². The first-order chi connectivity index (χ1) is 8.80. The molecule has 2 N–H and O–H groups in total. The topological polar surface area (TPSA) is 26.0 Å². The van der Waals surface area contributed by atoms with E-state index in [9.17, 15) is 0 Å². The summed E-state index contributed by atoms with van der Waals surface area (Å²) in [7, 11) is 0. The second kappa shape index (κ2) is 5.28. The number of hydrogen-bond acceptors (Lipinski definition) is 2. The Morgan fingerprint density at radius 2 is 1.84 bits per heavy atom. The van der Waals surface area contributed by atoms with Crippen molar-refractivity contribution in [2.45, 2.75) is 39.2 Å². The molecule has 0 spiro atoms. The van der Waals surface area contributed by atoms with E-state index in [1.807, 2.05) is 13.0 Å². The van der Waals surface area contributed by atoms with E-state index >= 15 is 0 Å². The van der Waals surface area contributed by atoms with Crippen molar-refractivity contribution in [1.82, 2.24) is 0 Å². The predicted molar refractivity (Wildman–Crippen MR) is 85.2 cm³/mol. The van der Waals surface area contributed by atoms with Crippen molar-refractivity contribution in [3.63, 3.8) is 0 Å². The van der Waals surface area contributed by atoms with Gasteiger partial charge in [-0.25, -0.2) is 0 Å². The first kappa shape index (κ1) is 14.6. The van der Waals surface area contributed by atoms with Gasteiger partial charge in [-0.1, -0.05) is 56.6 Å². The minimum absolute atomic E-state index is 0.0876. The van der Waals surface area contributed by atoms with E-state index in [0.717, 1.165) is 14.8 Å². The summed E-state index contributed by atoms with van der Waals surface area (Å²) in [6.45, 7) is 8.66. The molecule has 0 aliphatic rings. The quantitative estimate of drug-likeness (QED) is 0.823. The molecule has 19 heavy (non-hydrogen) atoms. The van der Waals surface area contributed by atoms with Gasteiger partial charge in [0, 0.05) is 4.88 Å². The van der Waals surface area contributed by atoms with Crippen LogP contribution in [0.5, 0.6) is 0 Å². The highest BCUT2D eigenvalue weighted by Crippen LogP contribution is 2.36. The fraction of sp³-hybridized carbons (Fsp3) is 0.375. The Labute approximate surface area is 124 Å². The van der Waals surface area contributed by atoms with Gasteiger partial charge in [0.25, 0.3) is 0 Å². The highest BCUT2D eigenvalue weighted by atomic mass is 35.5. The van der Waals surface area contributed by atoms with E-state index in [1.54, 1.807) is 11.3 Å². The van der Waals surface area contributed by atoms with Gasteiger partial charge in [-0.15, -0.1) is 11.3 Å². The molecule has 0 bridgehead atoms. The van der Waals surface area contributed by atoms with Crippen LogP contribution in [0.2, 0.25) is 4.34 Å². The van der Waals surface area contributed by atoms with Crippen molar-refractivity contribution in [1.29, 1.82) is 0 Å². The molecule has 1 heterocycles. The fourth-order valence-electron chi connectivity index (χ4n) is 2.24. The average molecular weight is 294 g/mol. The molecule has 102 valence electrons. The summed E-state index contributed by atoms with van der Waals surface area (Å²) < 4.78 is 0.832. The molecule has 0 saturated heterocycles. The smallest absolute Gasteiger partial charge is 0.0961 e. The number of halogens is 1. The number of thiophene rings is 1. The number of benzene rings is 1. The normalized spacial score (nSPS) is 13.6. The van der Waals surface area contributed by atoms with Crippen molar-refractivity contribution < 1.29 is 0 Å². The third-order valence-electron chi connectivity index (χ3n) is 3.29. The fourth-order valence-corrected chi connectivity index (χ4v) is 3.48. The van der Waals surface area contributed by atoms with E-state index in [4.69, 9.17) is 17.3 Å². The lowest BCUT2D eigenvalue weighted by Gasteiger charge is -2.25. The second-order valence-electron chi connectivity index (χ2n) is 5.92. The Hall–Kier alpha value is -0.830. The van der Waals surface area contributed by atoms with Crippen LogP contribution >= 0.6 is 22.9 Å². The van der Waals surface area contributed by atoms with Crippen LogP contribution in [0.25, 0.3) is 0 Å². The van der Waals surface area contributed by atoms with Crippen molar-refractivity contribution in [3.8, 4) is 0 Å². The summed E-state index contributed by atoms with van der Waals surface area (Å²) in [4.78, 5) is 1.12. The lowest BCUT2D eigenvalue weighted by Crippen LogP contribution is -2.20. The number of aryl methyl sites for hydroxylation is 1. The minimum atomic E-state index is -0.105. The molecule has 3 heteroatoms. The van der Waals surface area contributed by atoms with E-state index in [2.05, 4.69) is 45.0 Å². The van der Waals surface area contributed by atoms with Crippen LogP contribution in [0.4, 0.5) is 0 Å². The van der Waals surface area contributed by atoms with Gasteiger partial charge in [0.05, 0.1) is 10.4 Å². The second-order valence-corrected chi connectivity index (χ2v) is 7.61. The van der Waals surface area contributed by atoms with Gasteiger partial charge in [0.1, 0.15) is 0 Å². The molecule has 1 nitrogen and oxygen atoms in total. The van der Waals surface area contributed by atoms with Gasteiger partial charge in [0.15, 0.2) is 0 Å². The molecule has 0 radical (unpaired) electrons. The number of nitrogens with two attached hydrogens (primary N) is 1. The molecule has 0 saturated carbocycles. The van der Waals surface area contributed by atoms with Crippen LogP contribution in [0.3, 0.4) is 0 Å². The Morgan fingerprint density at radius 3 is 2.37 bits per heavy atom. The maximum Gasteiger partial charge on any atom is 0.0961 e. The zero-order chi connectivity index (χ0) is 14.2. The molecular formula is C16H20ClNS. The number of hydrogen-bond donors (Lipinski definition) is 1. The molecule has 1 aromatic heterocycles. The van der Waals surface area contributed by atoms with Gasteiger partial charge >= 0.3 is 0 Å². The Bertz CT molecular complexity index is 561. The van der Waals surface area contributed by atoms with Crippen molar-refractivity contribution in [2.75, 3.05) is 0 Å². The van der Waals surface area contributed by atoms with Crippen molar-refractivity contribution in [3.05, 3.63) is 56.2 Å². The van der Waals surface area contributed by atoms with Gasteiger partial charge < -0.3 is 5.73 Å². The summed E-state index contributed by atoms with van der Waals surface area (Å²) in [5, 5.41) is 0. The van der Waals surface area contributed by atoms with Crippen LogP contribution in [-0.2, 0) is 5.41 Å². The van der Waals surface area contributed by atoms with Crippen LogP contribution in [0.1, 0.15) is 48.4 Å². The molecule has 1 unspecified atom stereocenters.